The molecule has 0 spiro atoms. The number of aliphatic hydroxyl groups is 2. The number of carbonyl (C=O) groups is 1. The van der Waals surface area contributed by atoms with Crippen LogP contribution in [0.5, 0.6) is 0 Å². The third-order valence-corrected chi connectivity index (χ3v) is 9.09. The highest BCUT2D eigenvalue weighted by Crippen LogP contribution is 2.38. The zero-order valence-electron chi connectivity index (χ0n) is 34.2. The van der Waals surface area contributed by atoms with Gasteiger partial charge in [-0.1, -0.05) is 143 Å². The van der Waals surface area contributed by atoms with E-state index in [-0.39, 0.29) is 18.9 Å². The fourth-order valence-corrected chi connectivity index (χ4v) is 5.58. The van der Waals surface area contributed by atoms with Crippen LogP contribution in [0, 0.1) is 0 Å². The molecule has 0 aromatic rings. The van der Waals surface area contributed by atoms with Gasteiger partial charge in [-0.05, 0) is 64.2 Å². The summed E-state index contributed by atoms with van der Waals surface area (Å²) < 4.78 is 23.0. The Kier molecular flexibility index (Phi) is 33.1. The summed E-state index contributed by atoms with van der Waals surface area (Å²) in [5, 5.41) is 23.8. The lowest BCUT2D eigenvalue weighted by Crippen LogP contribution is -2.45. The molecule has 10 heteroatoms. The van der Waals surface area contributed by atoms with Gasteiger partial charge in [-0.15, -0.1) is 0 Å². The van der Waals surface area contributed by atoms with Crippen LogP contribution in [0.4, 0.5) is 0 Å². The number of hydrogen-bond acceptors (Lipinski definition) is 7. The monoisotopic (exact) mass is 775 g/mol. The van der Waals surface area contributed by atoms with E-state index in [1.54, 1.807) is 12.2 Å². The Labute approximate surface area is 329 Å². The van der Waals surface area contributed by atoms with Crippen molar-refractivity contribution in [3.8, 4) is 0 Å². The SMILES string of the molecule is CC/C=C\C/C=C\C/C=C\C/C=C\C=C/C(O)C/C=C\CCC(=O)N[C@@H](COP(=O)([O-])OCC[N+](C)(C)C)[C@H](O)/C=C/CC/C=C\CCCCCCCC. The number of phosphoric ester groups is 1. The van der Waals surface area contributed by atoms with Crippen LogP contribution >= 0.6 is 7.82 Å². The molecule has 0 aromatic heterocycles. The Morgan fingerprint density at radius 2 is 1.33 bits per heavy atom. The average Bonchev–Trinajstić information content (AvgIpc) is 3.11. The van der Waals surface area contributed by atoms with E-state index in [1.807, 2.05) is 57.6 Å². The molecule has 0 aromatic carbocycles. The quantitative estimate of drug-likeness (QED) is 0.0196. The predicted octanol–water partition coefficient (Wildman–Crippen LogP) is 9.13. The van der Waals surface area contributed by atoms with E-state index in [0.717, 1.165) is 38.5 Å². The maximum atomic E-state index is 12.8. The summed E-state index contributed by atoms with van der Waals surface area (Å²) in [5.74, 6) is -0.357. The fourth-order valence-electron chi connectivity index (χ4n) is 4.86. The number of hydrogen-bond donors (Lipinski definition) is 3. The summed E-state index contributed by atoms with van der Waals surface area (Å²) in [4.78, 5) is 25.2. The first-order chi connectivity index (χ1) is 25.9. The van der Waals surface area contributed by atoms with Crippen LogP contribution in [0.15, 0.2) is 97.2 Å². The fraction of sp³-hybridized carbons (Fsp3) is 0.614. The second-order valence-corrected chi connectivity index (χ2v) is 15.9. The van der Waals surface area contributed by atoms with E-state index in [2.05, 4.69) is 67.8 Å². The van der Waals surface area contributed by atoms with Gasteiger partial charge in [0.25, 0.3) is 7.82 Å². The molecule has 4 atom stereocenters. The van der Waals surface area contributed by atoms with Crippen LogP contribution in [0.1, 0.15) is 117 Å². The maximum Gasteiger partial charge on any atom is 0.268 e. The van der Waals surface area contributed by atoms with Gasteiger partial charge in [0.05, 0.1) is 46.0 Å². The molecule has 0 radical (unpaired) electrons. The molecule has 9 nitrogen and oxygen atoms in total. The Morgan fingerprint density at radius 3 is 2.02 bits per heavy atom. The molecule has 2 unspecified atom stereocenters. The lowest BCUT2D eigenvalue weighted by molar-refractivity contribution is -0.870. The topological polar surface area (TPSA) is 128 Å². The van der Waals surface area contributed by atoms with Gasteiger partial charge in [-0.3, -0.25) is 9.36 Å². The van der Waals surface area contributed by atoms with Gasteiger partial charge in [-0.25, -0.2) is 0 Å². The molecule has 0 aliphatic heterocycles. The van der Waals surface area contributed by atoms with Crippen LogP contribution in [-0.2, 0) is 18.4 Å². The summed E-state index contributed by atoms with van der Waals surface area (Å²) >= 11 is 0. The number of quaternary nitrogens is 1. The van der Waals surface area contributed by atoms with Crippen molar-refractivity contribution in [1.29, 1.82) is 0 Å². The highest BCUT2D eigenvalue weighted by Gasteiger charge is 2.23. The normalized spacial score (nSPS) is 16.1. The first-order valence-electron chi connectivity index (χ1n) is 20.2. The number of aliphatic hydroxyl groups excluding tert-OH is 2. The summed E-state index contributed by atoms with van der Waals surface area (Å²) in [6.45, 7) is 4.30. The molecule has 0 saturated heterocycles. The van der Waals surface area contributed by atoms with Crippen LogP contribution in [0.3, 0.4) is 0 Å². The number of rotatable bonds is 34. The van der Waals surface area contributed by atoms with Crippen molar-refractivity contribution >= 4 is 13.7 Å². The minimum Gasteiger partial charge on any atom is -0.756 e. The number of unbranched alkanes of at least 4 members (excludes halogenated alkanes) is 7. The van der Waals surface area contributed by atoms with Crippen molar-refractivity contribution in [2.75, 3.05) is 40.9 Å². The Balaban J connectivity index is 4.79. The van der Waals surface area contributed by atoms with Crippen molar-refractivity contribution in [2.45, 2.75) is 135 Å². The number of likely N-dealkylation sites (N-methyl/N-ethyl adjacent to an activating group) is 1. The Bertz CT molecular complexity index is 1210. The van der Waals surface area contributed by atoms with Crippen molar-refractivity contribution < 1.29 is 38.0 Å². The minimum absolute atomic E-state index is 0.0443. The van der Waals surface area contributed by atoms with Crippen molar-refractivity contribution in [1.82, 2.24) is 5.32 Å². The predicted molar refractivity (Wildman–Crippen MR) is 225 cm³/mol. The van der Waals surface area contributed by atoms with Crippen molar-refractivity contribution in [3.63, 3.8) is 0 Å². The van der Waals surface area contributed by atoms with Crippen molar-refractivity contribution in [3.05, 3.63) is 97.2 Å². The number of nitrogens with zero attached hydrogens (tertiary/aromatic N) is 1. The number of allylic oxidation sites excluding steroid dienone is 13. The van der Waals surface area contributed by atoms with Gasteiger partial charge in [0.15, 0.2) is 0 Å². The summed E-state index contributed by atoms with van der Waals surface area (Å²) in [5.41, 5.74) is 0. The highest BCUT2D eigenvalue weighted by atomic mass is 31.2. The van der Waals surface area contributed by atoms with Gasteiger partial charge in [0.2, 0.25) is 5.91 Å². The van der Waals surface area contributed by atoms with Crippen LogP contribution in [0.25, 0.3) is 0 Å². The molecule has 0 bridgehead atoms. The molecule has 3 N–H and O–H groups in total. The molecule has 1 amide bonds. The molecule has 0 saturated carbocycles. The van der Waals surface area contributed by atoms with Gasteiger partial charge in [0.1, 0.15) is 13.2 Å². The molecular weight excluding hydrogens is 699 g/mol. The van der Waals surface area contributed by atoms with E-state index >= 15 is 0 Å². The average molecular weight is 775 g/mol. The third-order valence-electron chi connectivity index (χ3n) is 8.12. The number of amides is 1. The van der Waals surface area contributed by atoms with Gasteiger partial charge >= 0.3 is 0 Å². The molecule has 54 heavy (non-hydrogen) atoms. The second-order valence-electron chi connectivity index (χ2n) is 14.4. The van der Waals surface area contributed by atoms with E-state index in [9.17, 15) is 24.5 Å². The molecule has 0 aliphatic carbocycles. The second kappa shape index (κ2) is 34.8. The highest BCUT2D eigenvalue weighted by molar-refractivity contribution is 7.45. The number of phosphoric acid groups is 1. The summed E-state index contributed by atoms with van der Waals surface area (Å²) in [6.07, 6.45) is 44.9. The van der Waals surface area contributed by atoms with E-state index in [1.165, 1.54) is 38.5 Å². The Hall–Kier alpha value is -2.62. The molecule has 308 valence electrons. The van der Waals surface area contributed by atoms with E-state index in [4.69, 9.17) is 9.05 Å². The summed E-state index contributed by atoms with van der Waals surface area (Å²) in [6, 6.07) is -0.990. The molecule has 0 fully saturated rings. The summed E-state index contributed by atoms with van der Waals surface area (Å²) in [7, 11) is 1.11. The third kappa shape index (κ3) is 36.4. The molecule has 0 aliphatic rings. The van der Waals surface area contributed by atoms with E-state index < -0.39 is 32.7 Å². The van der Waals surface area contributed by atoms with E-state index in [0.29, 0.717) is 30.3 Å². The van der Waals surface area contributed by atoms with Crippen LogP contribution in [-0.4, -0.2) is 79.8 Å². The van der Waals surface area contributed by atoms with Crippen LogP contribution in [0.2, 0.25) is 0 Å². The zero-order valence-corrected chi connectivity index (χ0v) is 35.1. The lowest BCUT2D eigenvalue weighted by Gasteiger charge is -2.29. The van der Waals surface area contributed by atoms with Gasteiger partial charge in [0, 0.05) is 6.42 Å². The van der Waals surface area contributed by atoms with Crippen molar-refractivity contribution in [2.24, 2.45) is 0 Å². The largest absolute Gasteiger partial charge is 0.756 e. The number of nitrogens with one attached hydrogen (secondary N) is 1. The molecular formula is C44H75N2O7P. The number of carbonyl (C=O) groups excluding carboxylic acids is 1. The minimum atomic E-state index is -4.64. The first-order valence-corrected chi connectivity index (χ1v) is 21.7. The zero-order chi connectivity index (χ0) is 40.2. The first kappa shape index (κ1) is 51.4. The Morgan fingerprint density at radius 1 is 0.722 bits per heavy atom. The standard InChI is InChI=1S/C44H75N2O7P/c1-6-8-10-12-14-16-18-20-21-23-25-27-30-34-41(47)35-31-29-33-37-44(49)45-42(40-53-54(50,51)52-39-38-46(3,4)5)43(48)36-32-28-26-24-22-19-17-15-13-11-9-7-2/h8,10,14,16,20-22,24-25,27,29-32,34,36,41-43,47-48H,6-7,9,11-13,15,17-19,23,26,28,33,35,37-40H2,1-5H3,(H-,45,49,50,51)/b10-8-,16-14-,21-20-,24-22-,27-25-,31-29-,34-30-,36-32+/t41?,42-,43+/m0/s1. The van der Waals surface area contributed by atoms with Crippen LogP contribution < -0.4 is 10.2 Å². The molecule has 0 rings (SSSR count). The molecule has 0 heterocycles. The van der Waals surface area contributed by atoms with Gasteiger partial charge < -0.3 is 34.0 Å². The van der Waals surface area contributed by atoms with Gasteiger partial charge in [-0.2, -0.15) is 0 Å². The smallest absolute Gasteiger partial charge is 0.268 e. The lowest BCUT2D eigenvalue weighted by atomic mass is 10.1. The maximum absolute atomic E-state index is 12.8.